The van der Waals surface area contributed by atoms with Crippen LogP contribution in [0.2, 0.25) is 0 Å². The van der Waals surface area contributed by atoms with E-state index in [-0.39, 0.29) is 5.82 Å². The van der Waals surface area contributed by atoms with Crippen LogP contribution in [0.3, 0.4) is 0 Å². The van der Waals surface area contributed by atoms with E-state index in [1.165, 1.54) is 25.6 Å². The number of imidazole rings is 1. The molecular formula is C21H31N5O4S. The van der Waals surface area contributed by atoms with Gasteiger partial charge in [0.1, 0.15) is 11.2 Å². The number of aromatic amines is 1. The first kappa shape index (κ1) is 23.3. The van der Waals surface area contributed by atoms with E-state index in [1.54, 1.807) is 53.3 Å². The van der Waals surface area contributed by atoms with E-state index < -0.39 is 23.4 Å². The van der Waals surface area contributed by atoms with Crippen molar-refractivity contribution in [2.24, 2.45) is 0 Å². The van der Waals surface area contributed by atoms with Gasteiger partial charge in [0, 0.05) is 5.25 Å². The fourth-order valence-electron chi connectivity index (χ4n) is 3.20. The number of ether oxygens (including phenoxy) is 2. The molecule has 0 aliphatic heterocycles. The summed E-state index contributed by atoms with van der Waals surface area (Å²) in [5, 5.41) is 0.884. The second kappa shape index (κ2) is 9.02. The maximum Gasteiger partial charge on any atom is 0.425 e. The summed E-state index contributed by atoms with van der Waals surface area (Å²) in [6.45, 7) is 10.4. The molecule has 1 aliphatic carbocycles. The average Bonchev–Trinajstić information content (AvgIpc) is 3.08. The van der Waals surface area contributed by atoms with E-state index in [1.807, 2.05) is 0 Å². The molecule has 0 bridgehead atoms. The smallest absolute Gasteiger partial charge is 0.425 e. The Morgan fingerprint density at radius 3 is 2.13 bits per heavy atom. The van der Waals surface area contributed by atoms with Crippen LogP contribution in [-0.2, 0) is 9.47 Å². The lowest BCUT2D eigenvalue weighted by Crippen LogP contribution is -2.44. The number of hydrogen-bond donors (Lipinski definition) is 1. The molecule has 2 amide bonds. The number of fused-ring (bicyclic) bond motifs is 1. The van der Waals surface area contributed by atoms with Crippen LogP contribution in [0.1, 0.15) is 73.6 Å². The number of amides is 2. The van der Waals surface area contributed by atoms with Crippen molar-refractivity contribution >= 4 is 40.9 Å². The SMILES string of the molecule is CC(C)(C)OC(=O)N(C(=O)OC(C)(C)C)c1nc(SC2CCCCC2)nc2[nH]cnc12. The number of anilines is 1. The molecule has 31 heavy (non-hydrogen) atoms. The van der Waals surface area contributed by atoms with Crippen LogP contribution < -0.4 is 4.90 Å². The molecule has 1 aliphatic rings. The van der Waals surface area contributed by atoms with Gasteiger partial charge in [-0.3, -0.25) is 0 Å². The van der Waals surface area contributed by atoms with Crippen LogP contribution in [0.15, 0.2) is 11.5 Å². The quantitative estimate of drug-likeness (QED) is 0.616. The molecule has 2 aromatic rings. The highest BCUT2D eigenvalue weighted by molar-refractivity contribution is 7.99. The van der Waals surface area contributed by atoms with Gasteiger partial charge in [-0.1, -0.05) is 31.0 Å². The molecule has 170 valence electrons. The van der Waals surface area contributed by atoms with Crippen LogP contribution in [0.25, 0.3) is 11.2 Å². The zero-order valence-corrected chi connectivity index (χ0v) is 19.8. The number of aromatic nitrogens is 4. The molecule has 0 spiro atoms. The van der Waals surface area contributed by atoms with Crippen LogP contribution in [0.4, 0.5) is 15.4 Å². The molecule has 0 atom stereocenters. The summed E-state index contributed by atoms with van der Waals surface area (Å²) in [5.74, 6) is 0.0491. The molecular weight excluding hydrogens is 418 g/mol. The van der Waals surface area contributed by atoms with Gasteiger partial charge < -0.3 is 14.5 Å². The predicted molar refractivity (Wildman–Crippen MR) is 119 cm³/mol. The average molecular weight is 450 g/mol. The standard InChI is InChI=1S/C21H31N5O4S/c1-20(2,3)29-18(27)26(19(28)30-21(4,5)6)16-14-15(23-12-22-14)24-17(25-16)31-13-10-8-7-9-11-13/h12-13H,7-11H2,1-6H3,(H,22,23,24,25). The molecule has 1 N–H and O–H groups in total. The van der Waals surface area contributed by atoms with Crippen LogP contribution >= 0.6 is 11.8 Å². The van der Waals surface area contributed by atoms with Crippen molar-refractivity contribution < 1.29 is 19.1 Å². The highest BCUT2D eigenvalue weighted by Crippen LogP contribution is 2.34. The number of hydrogen-bond acceptors (Lipinski definition) is 8. The Hall–Kier alpha value is -2.36. The number of thioether (sulfide) groups is 1. The Morgan fingerprint density at radius 2 is 1.58 bits per heavy atom. The summed E-state index contributed by atoms with van der Waals surface area (Å²) in [6.07, 6.45) is 5.49. The summed E-state index contributed by atoms with van der Waals surface area (Å²) in [5.41, 5.74) is -0.881. The number of carbonyl (C=O) groups is 2. The maximum absolute atomic E-state index is 13.1. The largest absolute Gasteiger partial charge is 0.443 e. The van der Waals surface area contributed by atoms with Gasteiger partial charge in [0.05, 0.1) is 6.33 Å². The predicted octanol–water partition coefficient (Wildman–Crippen LogP) is 5.45. The summed E-state index contributed by atoms with van der Waals surface area (Å²) in [7, 11) is 0. The zero-order chi connectivity index (χ0) is 22.8. The number of rotatable bonds is 3. The van der Waals surface area contributed by atoms with Gasteiger partial charge in [0.2, 0.25) is 0 Å². The highest BCUT2D eigenvalue weighted by atomic mass is 32.2. The van der Waals surface area contributed by atoms with E-state index in [0.717, 1.165) is 17.7 Å². The Kier molecular flexibility index (Phi) is 6.78. The van der Waals surface area contributed by atoms with Crippen molar-refractivity contribution in [3.8, 4) is 0 Å². The molecule has 0 radical (unpaired) electrons. The first-order valence-corrected chi connectivity index (χ1v) is 11.4. The molecule has 0 saturated heterocycles. The Balaban J connectivity index is 2.03. The normalized spacial score (nSPS) is 15.7. The molecule has 10 heteroatoms. The highest BCUT2D eigenvalue weighted by Gasteiger charge is 2.36. The molecule has 0 aromatic carbocycles. The summed E-state index contributed by atoms with van der Waals surface area (Å²) in [4.78, 5) is 43.2. The monoisotopic (exact) mass is 449 g/mol. The van der Waals surface area contributed by atoms with Crippen molar-refractivity contribution in [2.45, 2.75) is 95.3 Å². The number of nitrogens with one attached hydrogen (secondary N) is 1. The molecule has 1 saturated carbocycles. The third-order valence-electron chi connectivity index (χ3n) is 4.43. The van der Waals surface area contributed by atoms with Gasteiger partial charge in [0.15, 0.2) is 22.1 Å². The fraction of sp³-hybridized carbons (Fsp3) is 0.667. The number of imide groups is 1. The zero-order valence-electron chi connectivity index (χ0n) is 19.0. The second-order valence-corrected chi connectivity index (χ2v) is 10.9. The van der Waals surface area contributed by atoms with Gasteiger partial charge in [-0.05, 0) is 54.4 Å². The van der Waals surface area contributed by atoms with E-state index >= 15 is 0 Å². The van der Waals surface area contributed by atoms with E-state index in [2.05, 4.69) is 19.9 Å². The van der Waals surface area contributed by atoms with Crippen LogP contribution in [0.5, 0.6) is 0 Å². The molecule has 1 fully saturated rings. The minimum absolute atomic E-state index is 0.0491. The minimum atomic E-state index is -0.877. The first-order chi connectivity index (χ1) is 14.4. The Morgan fingerprint density at radius 1 is 1.00 bits per heavy atom. The lowest BCUT2D eigenvalue weighted by molar-refractivity contribution is 0.0429. The molecule has 9 nitrogen and oxygen atoms in total. The van der Waals surface area contributed by atoms with E-state index in [9.17, 15) is 9.59 Å². The lowest BCUT2D eigenvalue weighted by Gasteiger charge is -2.28. The van der Waals surface area contributed by atoms with Gasteiger partial charge in [-0.2, -0.15) is 4.90 Å². The van der Waals surface area contributed by atoms with Crippen LogP contribution in [-0.4, -0.2) is 48.6 Å². The third kappa shape index (κ3) is 6.32. The lowest BCUT2D eigenvalue weighted by atomic mass is 10.0. The minimum Gasteiger partial charge on any atom is -0.443 e. The van der Waals surface area contributed by atoms with Crippen molar-refractivity contribution in [1.29, 1.82) is 0 Å². The second-order valence-electron chi connectivity index (χ2n) is 9.60. The van der Waals surface area contributed by atoms with E-state index in [0.29, 0.717) is 21.6 Å². The third-order valence-corrected chi connectivity index (χ3v) is 5.63. The summed E-state index contributed by atoms with van der Waals surface area (Å²) >= 11 is 1.56. The first-order valence-electron chi connectivity index (χ1n) is 10.6. The van der Waals surface area contributed by atoms with Crippen molar-refractivity contribution in [3.63, 3.8) is 0 Å². The van der Waals surface area contributed by atoms with Crippen molar-refractivity contribution in [2.75, 3.05) is 4.90 Å². The summed E-state index contributed by atoms with van der Waals surface area (Å²) in [6, 6.07) is 0. The van der Waals surface area contributed by atoms with E-state index in [4.69, 9.17) is 9.47 Å². The Bertz CT molecular complexity index is 913. The number of carbonyl (C=O) groups excluding carboxylic acids is 2. The van der Waals surface area contributed by atoms with Gasteiger partial charge in [-0.15, -0.1) is 0 Å². The molecule has 0 unspecified atom stereocenters. The number of H-pyrrole nitrogens is 1. The van der Waals surface area contributed by atoms with Gasteiger partial charge in [0.25, 0.3) is 0 Å². The molecule has 3 rings (SSSR count). The molecule has 2 heterocycles. The fourth-order valence-corrected chi connectivity index (χ4v) is 4.35. The topological polar surface area (TPSA) is 110 Å². The Labute approximate surface area is 186 Å². The van der Waals surface area contributed by atoms with Crippen LogP contribution in [0, 0.1) is 0 Å². The van der Waals surface area contributed by atoms with Crippen molar-refractivity contribution in [1.82, 2.24) is 19.9 Å². The van der Waals surface area contributed by atoms with Gasteiger partial charge in [-0.25, -0.2) is 24.5 Å². The number of nitrogens with zero attached hydrogens (tertiary/aromatic N) is 4. The summed E-state index contributed by atoms with van der Waals surface area (Å²) < 4.78 is 11.0. The van der Waals surface area contributed by atoms with Gasteiger partial charge >= 0.3 is 12.2 Å². The maximum atomic E-state index is 13.1. The molecule has 2 aromatic heterocycles. The van der Waals surface area contributed by atoms with Crippen molar-refractivity contribution in [3.05, 3.63) is 6.33 Å².